The van der Waals surface area contributed by atoms with Gasteiger partial charge < -0.3 is 0 Å². The summed E-state index contributed by atoms with van der Waals surface area (Å²) in [6.07, 6.45) is 0.830. The second-order valence-electron chi connectivity index (χ2n) is 1.98. The van der Waals surface area contributed by atoms with Crippen molar-refractivity contribution in [3.8, 4) is 0 Å². The molecule has 12 heavy (non-hydrogen) atoms. The van der Waals surface area contributed by atoms with Crippen LogP contribution in [0, 0.1) is 0 Å². The Morgan fingerprint density at radius 1 is 1.67 bits per heavy atom. The zero-order chi connectivity index (χ0) is 9.35. The molecule has 7 heteroatoms. The van der Waals surface area contributed by atoms with E-state index in [0.29, 0.717) is 11.3 Å². The van der Waals surface area contributed by atoms with E-state index in [1.807, 2.05) is 0 Å². The smallest absolute Gasteiger partial charge is 0.292 e. The molecular weight excluding hydrogens is 205 g/mol. The summed E-state index contributed by atoms with van der Waals surface area (Å²) < 4.78 is 32.2. The first-order valence-electron chi connectivity index (χ1n) is 2.82. The summed E-state index contributed by atoms with van der Waals surface area (Å²) in [6.45, 7) is 1.23. The molecule has 0 aliphatic carbocycles. The van der Waals surface area contributed by atoms with Crippen LogP contribution >= 0.6 is 11.3 Å². The van der Waals surface area contributed by atoms with Crippen molar-refractivity contribution >= 4 is 27.3 Å². The first-order chi connectivity index (χ1) is 5.41. The molecule has 1 aromatic heterocycles. The summed E-state index contributed by atoms with van der Waals surface area (Å²) in [4.78, 5) is 14.0. The number of hydrogen-bond acceptors (Lipinski definition) is 5. The molecule has 0 unspecified atom stereocenters. The lowest BCUT2D eigenvalue weighted by atomic mass is 10.5. The molecule has 66 valence electrons. The number of nitrogens with zero attached hydrogens (tertiary/aromatic N) is 1. The SMILES string of the molecule is CC(=O)c1ncc(S(=O)(=O)F)s1. The van der Waals surface area contributed by atoms with Gasteiger partial charge in [-0.05, 0) is 0 Å². The molecule has 0 amide bonds. The molecule has 0 saturated heterocycles. The second kappa shape index (κ2) is 2.91. The van der Waals surface area contributed by atoms with E-state index in [9.17, 15) is 17.1 Å². The number of carbonyl (C=O) groups excluding carboxylic acids is 1. The van der Waals surface area contributed by atoms with Gasteiger partial charge in [0, 0.05) is 6.92 Å². The summed E-state index contributed by atoms with van der Waals surface area (Å²) in [6, 6.07) is 0. The zero-order valence-electron chi connectivity index (χ0n) is 5.94. The number of ketones is 1. The van der Waals surface area contributed by atoms with Crippen LogP contribution in [0.2, 0.25) is 0 Å². The Hall–Kier alpha value is -0.820. The molecule has 0 spiro atoms. The van der Waals surface area contributed by atoms with Crippen LogP contribution < -0.4 is 0 Å². The molecule has 0 N–H and O–H groups in total. The molecule has 0 fully saturated rings. The Balaban J connectivity index is 3.17. The van der Waals surface area contributed by atoms with Crippen LogP contribution in [-0.2, 0) is 10.2 Å². The predicted molar refractivity (Wildman–Crippen MR) is 40.4 cm³/mol. The fraction of sp³-hybridized carbons (Fsp3) is 0.200. The molecule has 1 heterocycles. The van der Waals surface area contributed by atoms with E-state index in [-0.39, 0.29) is 10.8 Å². The van der Waals surface area contributed by atoms with Crippen molar-refractivity contribution in [2.24, 2.45) is 0 Å². The molecule has 0 saturated carbocycles. The summed E-state index contributed by atoms with van der Waals surface area (Å²) in [5.41, 5.74) is 0. The second-order valence-corrected chi connectivity index (χ2v) is 4.58. The monoisotopic (exact) mass is 209 g/mol. The molecule has 0 atom stereocenters. The highest BCUT2D eigenvalue weighted by molar-refractivity contribution is 7.88. The number of rotatable bonds is 2. The highest BCUT2D eigenvalue weighted by atomic mass is 32.3. The third-order valence-electron chi connectivity index (χ3n) is 1.03. The van der Waals surface area contributed by atoms with E-state index < -0.39 is 14.4 Å². The van der Waals surface area contributed by atoms with Crippen molar-refractivity contribution in [3.05, 3.63) is 11.2 Å². The van der Waals surface area contributed by atoms with E-state index in [1.54, 1.807) is 0 Å². The number of hydrogen-bond donors (Lipinski definition) is 0. The maximum absolute atomic E-state index is 12.2. The molecule has 1 rings (SSSR count). The first kappa shape index (κ1) is 9.27. The van der Waals surface area contributed by atoms with Crippen LogP contribution in [0.5, 0.6) is 0 Å². The number of Topliss-reactive ketones (excluding diaryl/α,β-unsaturated/α-hetero) is 1. The fourth-order valence-corrected chi connectivity index (χ4v) is 1.89. The zero-order valence-corrected chi connectivity index (χ0v) is 7.58. The lowest BCUT2D eigenvalue weighted by Crippen LogP contribution is -1.87. The Morgan fingerprint density at radius 2 is 2.25 bits per heavy atom. The van der Waals surface area contributed by atoms with Crippen LogP contribution in [0.3, 0.4) is 0 Å². The van der Waals surface area contributed by atoms with Gasteiger partial charge in [-0.2, -0.15) is 8.42 Å². The average Bonchev–Trinajstić information content (AvgIpc) is 2.30. The van der Waals surface area contributed by atoms with Crippen LogP contribution in [-0.4, -0.2) is 19.2 Å². The van der Waals surface area contributed by atoms with Crippen LogP contribution in [0.25, 0.3) is 0 Å². The van der Waals surface area contributed by atoms with Gasteiger partial charge in [0.1, 0.15) is 0 Å². The highest BCUT2D eigenvalue weighted by Crippen LogP contribution is 2.20. The molecule has 0 radical (unpaired) electrons. The standard InChI is InChI=1S/C5H4FNO3S2/c1-3(8)5-7-2-4(11-5)12(6,9)10/h2H,1H3. The number of carbonyl (C=O) groups is 1. The molecule has 0 aromatic carbocycles. The van der Waals surface area contributed by atoms with E-state index in [2.05, 4.69) is 4.98 Å². The Labute approximate surface area is 72.3 Å². The maximum atomic E-state index is 12.2. The van der Waals surface area contributed by atoms with Crippen molar-refractivity contribution < 1.29 is 17.1 Å². The average molecular weight is 209 g/mol. The normalized spacial score (nSPS) is 11.5. The summed E-state index contributed by atoms with van der Waals surface area (Å²) in [5.74, 6) is -0.380. The van der Waals surface area contributed by atoms with Crippen molar-refractivity contribution in [3.63, 3.8) is 0 Å². The van der Waals surface area contributed by atoms with Gasteiger partial charge in [-0.15, -0.1) is 0 Å². The lowest BCUT2D eigenvalue weighted by Gasteiger charge is -1.82. The van der Waals surface area contributed by atoms with Gasteiger partial charge in [0.05, 0.1) is 6.20 Å². The van der Waals surface area contributed by atoms with Crippen LogP contribution in [0.15, 0.2) is 10.4 Å². The van der Waals surface area contributed by atoms with E-state index in [0.717, 1.165) is 6.20 Å². The van der Waals surface area contributed by atoms with Crippen molar-refractivity contribution in [1.29, 1.82) is 0 Å². The summed E-state index contributed by atoms with van der Waals surface area (Å²) >= 11 is 0.524. The summed E-state index contributed by atoms with van der Waals surface area (Å²) in [5, 5.41) is -0.00812. The first-order valence-corrected chi connectivity index (χ1v) is 5.02. The number of aromatic nitrogens is 1. The van der Waals surface area contributed by atoms with E-state index >= 15 is 0 Å². The van der Waals surface area contributed by atoms with Crippen molar-refractivity contribution in [2.45, 2.75) is 11.1 Å². The van der Waals surface area contributed by atoms with Crippen LogP contribution in [0.1, 0.15) is 16.7 Å². The predicted octanol–water partition coefficient (Wildman–Crippen LogP) is 1.00. The topological polar surface area (TPSA) is 64.1 Å². The third kappa shape index (κ3) is 1.86. The minimum absolute atomic E-state index is 0.00812. The molecule has 0 bridgehead atoms. The fourth-order valence-electron chi connectivity index (χ4n) is 0.535. The number of thiazole rings is 1. The van der Waals surface area contributed by atoms with Gasteiger partial charge in [-0.1, -0.05) is 15.2 Å². The Morgan fingerprint density at radius 3 is 2.50 bits per heavy atom. The molecule has 0 aliphatic rings. The minimum atomic E-state index is -4.71. The van der Waals surface area contributed by atoms with Gasteiger partial charge >= 0.3 is 10.2 Å². The Bertz CT molecular complexity index is 408. The largest absolute Gasteiger partial charge is 0.343 e. The van der Waals surface area contributed by atoms with Crippen molar-refractivity contribution in [2.75, 3.05) is 0 Å². The van der Waals surface area contributed by atoms with E-state index in [1.165, 1.54) is 6.92 Å². The maximum Gasteiger partial charge on any atom is 0.343 e. The quantitative estimate of drug-likeness (QED) is 0.538. The molecule has 0 aliphatic heterocycles. The third-order valence-corrected chi connectivity index (χ3v) is 3.35. The highest BCUT2D eigenvalue weighted by Gasteiger charge is 2.17. The summed E-state index contributed by atoms with van der Waals surface area (Å²) in [7, 11) is -4.71. The van der Waals surface area contributed by atoms with Gasteiger partial charge in [0.25, 0.3) is 0 Å². The van der Waals surface area contributed by atoms with E-state index in [4.69, 9.17) is 0 Å². The lowest BCUT2D eigenvalue weighted by molar-refractivity contribution is 0.101. The number of halogens is 1. The van der Waals surface area contributed by atoms with Gasteiger partial charge in [-0.25, -0.2) is 4.98 Å². The van der Waals surface area contributed by atoms with Crippen LogP contribution in [0.4, 0.5) is 3.89 Å². The minimum Gasteiger partial charge on any atom is -0.292 e. The Kier molecular flexibility index (Phi) is 2.25. The molecule has 4 nitrogen and oxygen atoms in total. The molecular formula is C5H4FNO3S2. The van der Waals surface area contributed by atoms with Crippen molar-refractivity contribution in [1.82, 2.24) is 4.98 Å². The molecule has 1 aromatic rings. The van der Waals surface area contributed by atoms with Gasteiger partial charge in [-0.3, -0.25) is 4.79 Å². The van der Waals surface area contributed by atoms with Gasteiger partial charge in [0.2, 0.25) is 0 Å². The van der Waals surface area contributed by atoms with Gasteiger partial charge in [0.15, 0.2) is 15.0 Å².